The van der Waals surface area contributed by atoms with Crippen LogP contribution in [-0.4, -0.2) is 5.08 Å². The maximum absolute atomic E-state index is 1.92. The Balaban J connectivity index is 2.00. The largest absolute Gasteiger partial charge is 0.0706 e. The van der Waals surface area contributed by atoms with E-state index in [2.05, 4.69) is 0 Å². The first-order chi connectivity index (χ1) is 2.00. The zero-order valence-electron chi connectivity index (χ0n) is 1.93. The van der Waals surface area contributed by atoms with Gasteiger partial charge in [0.25, 0.3) is 0 Å². The van der Waals surface area contributed by atoms with Crippen molar-refractivity contribution in [1.29, 1.82) is 0 Å². The Bertz CT molecular complexity index is 11.2. The van der Waals surface area contributed by atoms with Crippen molar-refractivity contribution in [2.45, 2.75) is 0 Å². The summed E-state index contributed by atoms with van der Waals surface area (Å²) in [6, 6.07) is 0. The second-order valence-corrected chi connectivity index (χ2v) is 5.02. The Hall–Kier alpha value is 1.05. The van der Waals surface area contributed by atoms with Crippen LogP contribution in [0, 0.1) is 0 Å². The Morgan fingerprint density at radius 3 is 1.50 bits per heavy atom. The van der Waals surface area contributed by atoms with Gasteiger partial charge in [-0.15, -0.1) is 0 Å². The van der Waals surface area contributed by atoms with Gasteiger partial charge in [0.05, 0.1) is 5.08 Å². The molecule has 24 valence electrons. The van der Waals surface area contributed by atoms with Crippen molar-refractivity contribution in [3.63, 3.8) is 0 Å². The van der Waals surface area contributed by atoms with E-state index in [9.17, 15) is 0 Å². The molecule has 0 nitrogen and oxygen atoms in total. The number of hydrogen-bond acceptors (Lipinski definition) is 3. The Kier molecular flexibility index (Phi) is 1.20. The van der Waals surface area contributed by atoms with Crippen molar-refractivity contribution < 1.29 is 0 Å². The molecule has 4 heavy (non-hydrogen) atoms. The lowest BCUT2D eigenvalue weighted by molar-refractivity contribution is 2.34. The smallest absolute Gasteiger partial charge is 0.0616 e. The highest BCUT2D eigenvalue weighted by Gasteiger charge is 1.98. The van der Waals surface area contributed by atoms with Crippen molar-refractivity contribution in [3.05, 3.63) is 0 Å². The van der Waals surface area contributed by atoms with Crippen LogP contribution in [0.4, 0.5) is 0 Å². The van der Waals surface area contributed by atoms with Crippen LogP contribution in [0.1, 0.15) is 0 Å². The minimum atomic E-state index is 1.30. The van der Waals surface area contributed by atoms with E-state index in [0.717, 1.165) is 0 Å². The van der Waals surface area contributed by atoms with E-state index in [1.165, 1.54) is 5.08 Å². The topological polar surface area (TPSA) is 0 Å². The highest BCUT2D eigenvalue weighted by Crippen LogP contribution is 2.48. The summed E-state index contributed by atoms with van der Waals surface area (Å²) in [6.07, 6.45) is 0. The van der Waals surface area contributed by atoms with Gasteiger partial charge in [-0.05, 0) is 9.83 Å². The predicted octanol–water partition coefficient (Wildman–Crippen LogP) is 1.99. The lowest BCUT2D eigenvalue weighted by Crippen LogP contribution is -1.63. The number of hydrogen-bond donors (Lipinski definition) is 0. The predicted molar refractivity (Wildman–Crippen MR) is 27.6 cm³/mol. The molecule has 0 bridgehead atoms. The van der Waals surface area contributed by atoms with Gasteiger partial charge < -0.3 is 0 Å². The quantitative estimate of drug-likeness (QED) is 0.438. The molecule has 0 aromatic carbocycles. The van der Waals surface area contributed by atoms with E-state index >= 15 is 0 Å². The molecule has 0 aromatic heterocycles. The molecule has 0 atom stereocenters. The lowest BCUT2D eigenvalue weighted by Gasteiger charge is -2.03. The van der Waals surface area contributed by atoms with Crippen LogP contribution in [0.3, 0.4) is 0 Å². The Morgan fingerprint density at radius 2 is 1.50 bits per heavy atom. The zero-order chi connectivity index (χ0) is 2.83. The van der Waals surface area contributed by atoms with Crippen LogP contribution in [0.25, 0.3) is 0 Å². The summed E-state index contributed by atoms with van der Waals surface area (Å²) in [5.41, 5.74) is 0. The maximum atomic E-state index is 1.92. The molecule has 1 aliphatic heterocycles. The molecule has 0 N–H and O–H groups in total. The van der Waals surface area contributed by atoms with Crippen LogP contribution in [0.2, 0.25) is 0 Å². The van der Waals surface area contributed by atoms with Gasteiger partial charge in [-0.2, -0.15) is 0 Å². The van der Waals surface area contributed by atoms with Crippen molar-refractivity contribution in [1.82, 2.24) is 0 Å². The third-order valence-corrected chi connectivity index (χ3v) is 5.20. The molecule has 3 heteroatoms. The van der Waals surface area contributed by atoms with Gasteiger partial charge in [0.15, 0.2) is 0 Å². The molecule has 1 saturated heterocycles. The van der Waals surface area contributed by atoms with E-state index in [4.69, 9.17) is 0 Å². The monoisotopic (exact) mass is 110 g/mol. The van der Waals surface area contributed by atoms with Crippen molar-refractivity contribution >= 4 is 31.4 Å². The molecule has 1 fully saturated rings. The SMILES string of the molecule is C1SSS1. The summed E-state index contributed by atoms with van der Waals surface area (Å²) in [7, 11) is 5.70. The van der Waals surface area contributed by atoms with Gasteiger partial charge in [-0.25, -0.2) is 0 Å². The molecule has 0 aromatic rings. The van der Waals surface area contributed by atoms with Gasteiger partial charge in [0.2, 0.25) is 0 Å². The molecule has 1 aliphatic rings. The summed E-state index contributed by atoms with van der Waals surface area (Å²) in [5, 5.41) is 1.30. The van der Waals surface area contributed by atoms with Gasteiger partial charge in [-0.1, -0.05) is 21.6 Å². The van der Waals surface area contributed by atoms with Crippen LogP contribution < -0.4 is 0 Å². The molecular weight excluding hydrogens is 108 g/mol. The molecule has 0 spiro atoms. The Labute approximate surface area is 36.9 Å². The van der Waals surface area contributed by atoms with Crippen LogP contribution in [0.5, 0.6) is 0 Å². The fourth-order valence-electron chi connectivity index (χ4n) is 0.0481. The molecular formula is CH2S3. The average Bonchev–Trinajstić information content (AvgIpc) is 0.722. The van der Waals surface area contributed by atoms with Crippen LogP contribution in [-0.2, 0) is 0 Å². The van der Waals surface area contributed by atoms with Gasteiger partial charge in [0, 0.05) is 0 Å². The van der Waals surface area contributed by atoms with E-state index in [1.54, 1.807) is 0 Å². The molecule has 0 amide bonds. The lowest BCUT2D eigenvalue weighted by atomic mass is 11.9. The summed E-state index contributed by atoms with van der Waals surface area (Å²) in [6.45, 7) is 0. The maximum Gasteiger partial charge on any atom is 0.0616 e. The van der Waals surface area contributed by atoms with Gasteiger partial charge in [0.1, 0.15) is 0 Å². The highest BCUT2D eigenvalue weighted by molar-refractivity contribution is 9.17. The van der Waals surface area contributed by atoms with Crippen LogP contribution >= 0.6 is 31.4 Å². The minimum Gasteiger partial charge on any atom is -0.0706 e. The molecule has 1 heterocycles. The second-order valence-electron chi connectivity index (χ2n) is 0.422. The van der Waals surface area contributed by atoms with Crippen molar-refractivity contribution in [2.75, 3.05) is 5.08 Å². The molecule has 0 saturated carbocycles. The third kappa shape index (κ3) is 0.503. The molecule has 0 unspecified atom stereocenters. The zero-order valence-corrected chi connectivity index (χ0v) is 4.38. The van der Waals surface area contributed by atoms with Gasteiger partial charge in [-0.3, -0.25) is 0 Å². The minimum absolute atomic E-state index is 1.30. The highest BCUT2D eigenvalue weighted by atomic mass is 33.5. The standard InChI is InChI=1S/CH2S3/c1-2-4-3-1/h1H2. The first-order valence-electron chi connectivity index (χ1n) is 0.911. The van der Waals surface area contributed by atoms with E-state index < -0.39 is 0 Å². The van der Waals surface area contributed by atoms with Crippen LogP contribution in [0.15, 0.2) is 0 Å². The number of rotatable bonds is 0. The summed E-state index contributed by atoms with van der Waals surface area (Å²) < 4.78 is 0. The van der Waals surface area contributed by atoms with Crippen molar-refractivity contribution in [2.24, 2.45) is 0 Å². The van der Waals surface area contributed by atoms with E-state index in [-0.39, 0.29) is 0 Å². The molecule has 1 rings (SSSR count). The normalized spacial score (nSPS) is 24.0. The summed E-state index contributed by atoms with van der Waals surface area (Å²) in [5.74, 6) is 0. The summed E-state index contributed by atoms with van der Waals surface area (Å²) in [4.78, 5) is 0. The van der Waals surface area contributed by atoms with E-state index in [1.807, 2.05) is 31.4 Å². The average molecular weight is 110 g/mol. The second kappa shape index (κ2) is 1.48. The third-order valence-electron chi connectivity index (χ3n) is 0.192. The Morgan fingerprint density at radius 1 is 1.25 bits per heavy atom. The fraction of sp³-hybridized carbons (Fsp3) is 1.00. The first-order valence-corrected chi connectivity index (χ1v) is 4.73. The first kappa shape index (κ1) is 3.25. The van der Waals surface area contributed by atoms with Gasteiger partial charge >= 0.3 is 0 Å². The molecule has 0 radical (unpaired) electrons. The van der Waals surface area contributed by atoms with E-state index in [0.29, 0.717) is 0 Å². The fourth-order valence-corrected chi connectivity index (χ4v) is 1.30. The summed E-state index contributed by atoms with van der Waals surface area (Å²) >= 11 is 0. The van der Waals surface area contributed by atoms with Crippen molar-refractivity contribution in [3.8, 4) is 0 Å². The molecule has 0 aliphatic carbocycles.